The zero-order valence-corrected chi connectivity index (χ0v) is 11.9. The van der Waals surface area contributed by atoms with Gasteiger partial charge in [-0.15, -0.1) is 0 Å². The van der Waals surface area contributed by atoms with Crippen LogP contribution in [0.1, 0.15) is 12.6 Å². The van der Waals surface area contributed by atoms with Crippen molar-refractivity contribution in [1.82, 2.24) is 20.0 Å². The standard InChI is InChI=1S/C15H18F2N4/c1-11-9-18-5-7-20(11)10-13-4-6-21(19-13)15-3-2-12(16)8-14(15)17/h2-4,6,8,11,18H,5,7,9-10H2,1H3. The lowest BCUT2D eigenvalue weighted by molar-refractivity contribution is 0.163. The van der Waals surface area contributed by atoms with E-state index < -0.39 is 11.6 Å². The number of aromatic nitrogens is 2. The first-order valence-corrected chi connectivity index (χ1v) is 7.08. The van der Waals surface area contributed by atoms with Gasteiger partial charge in [-0.2, -0.15) is 5.10 Å². The van der Waals surface area contributed by atoms with Gasteiger partial charge in [0, 0.05) is 44.5 Å². The highest BCUT2D eigenvalue weighted by Gasteiger charge is 2.19. The maximum atomic E-state index is 13.7. The molecule has 1 aliphatic heterocycles. The van der Waals surface area contributed by atoms with Gasteiger partial charge >= 0.3 is 0 Å². The van der Waals surface area contributed by atoms with Crippen LogP contribution in [0.25, 0.3) is 5.69 Å². The second-order valence-corrected chi connectivity index (χ2v) is 5.37. The molecule has 3 rings (SSSR count). The van der Waals surface area contributed by atoms with Crippen molar-refractivity contribution in [2.45, 2.75) is 19.5 Å². The quantitative estimate of drug-likeness (QED) is 0.938. The highest BCUT2D eigenvalue weighted by molar-refractivity contribution is 5.33. The minimum absolute atomic E-state index is 0.260. The molecule has 0 spiro atoms. The normalized spacial score (nSPS) is 19.9. The van der Waals surface area contributed by atoms with E-state index in [4.69, 9.17) is 0 Å². The molecule has 1 saturated heterocycles. The molecule has 1 aliphatic rings. The van der Waals surface area contributed by atoms with Crippen molar-refractivity contribution in [3.63, 3.8) is 0 Å². The third kappa shape index (κ3) is 3.11. The molecule has 0 radical (unpaired) electrons. The van der Waals surface area contributed by atoms with E-state index in [2.05, 4.69) is 22.2 Å². The van der Waals surface area contributed by atoms with Gasteiger partial charge in [0.25, 0.3) is 0 Å². The first-order valence-electron chi connectivity index (χ1n) is 7.08. The highest BCUT2D eigenvalue weighted by Crippen LogP contribution is 2.15. The summed E-state index contributed by atoms with van der Waals surface area (Å²) in [5.41, 5.74) is 1.14. The highest BCUT2D eigenvalue weighted by atomic mass is 19.1. The van der Waals surface area contributed by atoms with Gasteiger partial charge in [-0.25, -0.2) is 13.5 Å². The van der Waals surface area contributed by atoms with Crippen LogP contribution in [0.3, 0.4) is 0 Å². The fraction of sp³-hybridized carbons (Fsp3) is 0.400. The largest absolute Gasteiger partial charge is 0.314 e. The Kier molecular flexibility index (Phi) is 3.98. The number of nitrogens with zero attached hydrogens (tertiary/aromatic N) is 3. The Morgan fingerprint density at radius 1 is 1.33 bits per heavy atom. The molecule has 2 heterocycles. The lowest BCUT2D eigenvalue weighted by Gasteiger charge is -2.33. The van der Waals surface area contributed by atoms with Crippen LogP contribution < -0.4 is 5.32 Å². The van der Waals surface area contributed by atoms with Crippen LogP contribution in [-0.4, -0.2) is 40.4 Å². The van der Waals surface area contributed by atoms with E-state index in [9.17, 15) is 8.78 Å². The Hall–Kier alpha value is -1.79. The van der Waals surface area contributed by atoms with E-state index >= 15 is 0 Å². The molecule has 2 aromatic rings. The van der Waals surface area contributed by atoms with Crippen LogP contribution in [0.15, 0.2) is 30.5 Å². The van der Waals surface area contributed by atoms with Crippen molar-refractivity contribution in [2.24, 2.45) is 0 Å². The van der Waals surface area contributed by atoms with Crippen molar-refractivity contribution >= 4 is 0 Å². The summed E-state index contributed by atoms with van der Waals surface area (Å²) in [5, 5.41) is 7.73. The minimum Gasteiger partial charge on any atom is -0.314 e. The summed E-state index contributed by atoms with van der Waals surface area (Å²) >= 11 is 0. The summed E-state index contributed by atoms with van der Waals surface area (Å²) in [7, 11) is 0. The summed E-state index contributed by atoms with van der Waals surface area (Å²) in [6, 6.07) is 5.83. The molecule has 112 valence electrons. The first-order chi connectivity index (χ1) is 10.1. The maximum absolute atomic E-state index is 13.7. The Bertz CT molecular complexity index is 626. The van der Waals surface area contributed by atoms with E-state index in [-0.39, 0.29) is 5.69 Å². The second-order valence-electron chi connectivity index (χ2n) is 5.37. The second kappa shape index (κ2) is 5.91. The molecule has 1 aromatic carbocycles. The molecule has 4 nitrogen and oxygen atoms in total. The molecule has 1 N–H and O–H groups in total. The molecule has 1 aromatic heterocycles. The van der Waals surface area contributed by atoms with Crippen molar-refractivity contribution in [3.05, 3.63) is 47.8 Å². The van der Waals surface area contributed by atoms with Gasteiger partial charge in [0.1, 0.15) is 11.5 Å². The molecule has 6 heteroatoms. The van der Waals surface area contributed by atoms with Gasteiger partial charge in [-0.3, -0.25) is 4.90 Å². The van der Waals surface area contributed by atoms with Crippen molar-refractivity contribution in [3.8, 4) is 5.69 Å². The number of piperazine rings is 1. The molecule has 0 bridgehead atoms. The van der Waals surface area contributed by atoms with Gasteiger partial charge in [-0.1, -0.05) is 0 Å². The monoisotopic (exact) mass is 292 g/mol. The number of nitrogens with one attached hydrogen (secondary N) is 1. The molecular weight excluding hydrogens is 274 g/mol. The van der Waals surface area contributed by atoms with Crippen LogP contribution in [0.5, 0.6) is 0 Å². The van der Waals surface area contributed by atoms with Crippen molar-refractivity contribution in [2.75, 3.05) is 19.6 Å². The summed E-state index contributed by atoms with van der Waals surface area (Å²) in [5.74, 6) is -1.20. The predicted molar refractivity (Wildman–Crippen MR) is 76.2 cm³/mol. The number of hydrogen-bond donors (Lipinski definition) is 1. The predicted octanol–water partition coefficient (Wildman–Crippen LogP) is 1.94. The molecule has 21 heavy (non-hydrogen) atoms. The van der Waals surface area contributed by atoms with E-state index in [0.717, 1.165) is 37.9 Å². The Labute approximate surface area is 122 Å². The van der Waals surface area contributed by atoms with Crippen molar-refractivity contribution in [1.29, 1.82) is 0 Å². The molecular formula is C15H18F2N4. The molecule has 0 saturated carbocycles. The first kappa shape index (κ1) is 14.2. The lowest BCUT2D eigenvalue weighted by atomic mass is 10.2. The van der Waals surface area contributed by atoms with Crippen LogP contribution in [0.2, 0.25) is 0 Å². The smallest absolute Gasteiger partial charge is 0.151 e. The SMILES string of the molecule is CC1CNCCN1Cc1ccn(-c2ccc(F)cc2F)n1. The van der Waals surface area contributed by atoms with E-state index in [0.29, 0.717) is 6.04 Å². The Morgan fingerprint density at radius 3 is 2.95 bits per heavy atom. The Morgan fingerprint density at radius 2 is 2.19 bits per heavy atom. The van der Waals surface area contributed by atoms with Gasteiger partial charge in [-0.05, 0) is 25.1 Å². The van der Waals surface area contributed by atoms with E-state index in [1.165, 1.54) is 16.8 Å². The zero-order valence-electron chi connectivity index (χ0n) is 11.9. The number of halogens is 2. The number of hydrogen-bond acceptors (Lipinski definition) is 3. The van der Waals surface area contributed by atoms with Gasteiger partial charge in [0.15, 0.2) is 5.82 Å². The Balaban J connectivity index is 1.76. The van der Waals surface area contributed by atoms with Crippen LogP contribution in [0.4, 0.5) is 8.78 Å². The van der Waals surface area contributed by atoms with Crippen LogP contribution in [-0.2, 0) is 6.54 Å². The molecule has 0 amide bonds. The maximum Gasteiger partial charge on any atom is 0.151 e. The summed E-state index contributed by atoms with van der Waals surface area (Å²) in [6.45, 7) is 5.81. The van der Waals surface area contributed by atoms with Crippen LogP contribution >= 0.6 is 0 Å². The van der Waals surface area contributed by atoms with Crippen LogP contribution in [0, 0.1) is 11.6 Å². The lowest BCUT2D eigenvalue weighted by Crippen LogP contribution is -2.49. The fourth-order valence-corrected chi connectivity index (χ4v) is 2.57. The molecule has 1 atom stereocenters. The summed E-state index contributed by atoms with van der Waals surface area (Å²) < 4.78 is 28.1. The fourth-order valence-electron chi connectivity index (χ4n) is 2.57. The topological polar surface area (TPSA) is 33.1 Å². The summed E-state index contributed by atoms with van der Waals surface area (Å²) in [4.78, 5) is 2.34. The minimum atomic E-state index is -0.611. The summed E-state index contributed by atoms with van der Waals surface area (Å²) in [6.07, 6.45) is 1.71. The van der Waals surface area contributed by atoms with Gasteiger partial charge in [0.05, 0.1) is 5.69 Å². The third-order valence-electron chi connectivity index (χ3n) is 3.80. The van der Waals surface area contributed by atoms with Gasteiger partial charge in [0.2, 0.25) is 0 Å². The number of rotatable bonds is 3. The van der Waals surface area contributed by atoms with E-state index in [1.807, 2.05) is 6.07 Å². The van der Waals surface area contributed by atoms with Crippen molar-refractivity contribution < 1.29 is 8.78 Å². The zero-order chi connectivity index (χ0) is 14.8. The molecule has 0 aliphatic carbocycles. The third-order valence-corrected chi connectivity index (χ3v) is 3.80. The molecule has 1 fully saturated rings. The van der Waals surface area contributed by atoms with E-state index in [1.54, 1.807) is 6.20 Å². The average molecular weight is 292 g/mol. The average Bonchev–Trinajstić information content (AvgIpc) is 2.90. The number of benzene rings is 1. The van der Waals surface area contributed by atoms with Gasteiger partial charge < -0.3 is 5.32 Å². The molecule has 1 unspecified atom stereocenters.